The van der Waals surface area contributed by atoms with Crippen molar-refractivity contribution < 1.29 is 0 Å². The Morgan fingerprint density at radius 3 is 2.43 bits per heavy atom. The summed E-state index contributed by atoms with van der Waals surface area (Å²) in [5.74, 6) is 0. The van der Waals surface area contributed by atoms with Gasteiger partial charge in [-0.05, 0) is 67.9 Å². The summed E-state index contributed by atoms with van der Waals surface area (Å²) in [6.07, 6.45) is 8.44. The molecule has 0 N–H and O–H groups in total. The van der Waals surface area contributed by atoms with Crippen LogP contribution in [0.2, 0.25) is 5.02 Å². The standard InChI is InChI=1S/C18H19ClN2/c19-15-8-6-14(7-9-15)18(10-11-18)17-12-13-4-2-1-3-5-16(13)20-21-17/h6-9,12H,1-5,10-11H2. The molecule has 0 radical (unpaired) electrons. The normalized spacial score (nSPS) is 19.7. The predicted molar refractivity (Wildman–Crippen MR) is 84.8 cm³/mol. The van der Waals surface area contributed by atoms with E-state index in [0.29, 0.717) is 0 Å². The number of aryl methyl sites for hydroxylation is 2. The first-order chi connectivity index (χ1) is 10.3. The highest BCUT2D eigenvalue weighted by atomic mass is 35.5. The zero-order valence-corrected chi connectivity index (χ0v) is 12.9. The fraction of sp³-hybridized carbons (Fsp3) is 0.444. The third-order valence-electron chi connectivity index (χ3n) is 4.96. The van der Waals surface area contributed by atoms with E-state index in [1.54, 1.807) is 0 Å². The third-order valence-corrected chi connectivity index (χ3v) is 5.21. The minimum absolute atomic E-state index is 0.0962. The second-order valence-electron chi connectivity index (χ2n) is 6.35. The van der Waals surface area contributed by atoms with Crippen molar-refractivity contribution in [3.05, 3.63) is 57.9 Å². The molecule has 1 fully saturated rings. The van der Waals surface area contributed by atoms with Gasteiger partial charge in [0.15, 0.2) is 0 Å². The van der Waals surface area contributed by atoms with Gasteiger partial charge in [0, 0.05) is 10.4 Å². The summed E-state index contributed by atoms with van der Waals surface area (Å²) in [7, 11) is 0. The van der Waals surface area contributed by atoms with E-state index >= 15 is 0 Å². The molecular formula is C18H19ClN2. The number of halogens is 1. The maximum Gasteiger partial charge on any atom is 0.0739 e. The van der Waals surface area contributed by atoms with Gasteiger partial charge in [0.25, 0.3) is 0 Å². The lowest BCUT2D eigenvalue weighted by Gasteiger charge is -2.16. The number of fused-ring (bicyclic) bond motifs is 1. The third kappa shape index (κ3) is 2.36. The van der Waals surface area contributed by atoms with Crippen LogP contribution in [0.1, 0.15) is 54.6 Å². The average molecular weight is 299 g/mol. The molecule has 1 aromatic carbocycles. The van der Waals surface area contributed by atoms with Crippen molar-refractivity contribution in [1.82, 2.24) is 10.2 Å². The van der Waals surface area contributed by atoms with E-state index in [0.717, 1.165) is 23.6 Å². The van der Waals surface area contributed by atoms with Gasteiger partial charge in [-0.15, -0.1) is 0 Å². The van der Waals surface area contributed by atoms with E-state index < -0.39 is 0 Å². The molecule has 0 atom stereocenters. The van der Waals surface area contributed by atoms with Gasteiger partial charge >= 0.3 is 0 Å². The second-order valence-corrected chi connectivity index (χ2v) is 6.79. The van der Waals surface area contributed by atoms with Gasteiger partial charge in [-0.1, -0.05) is 30.2 Å². The molecule has 2 aliphatic rings. The number of aromatic nitrogens is 2. The van der Waals surface area contributed by atoms with Crippen molar-refractivity contribution >= 4 is 11.6 Å². The van der Waals surface area contributed by atoms with Crippen molar-refractivity contribution in [3.63, 3.8) is 0 Å². The van der Waals surface area contributed by atoms with Crippen molar-refractivity contribution in [2.24, 2.45) is 0 Å². The first-order valence-corrected chi connectivity index (χ1v) is 8.28. The SMILES string of the molecule is Clc1ccc(C2(c3cc4c(nn3)CCCCC4)CC2)cc1. The van der Waals surface area contributed by atoms with Gasteiger partial charge in [0.1, 0.15) is 0 Å². The Morgan fingerprint density at radius 2 is 1.67 bits per heavy atom. The molecular weight excluding hydrogens is 280 g/mol. The van der Waals surface area contributed by atoms with Crippen LogP contribution < -0.4 is 0 Å². The molecule has 0 spiro atoms. The Bertz CT molecular complexity index is 659. The highest BCUT2D eigenvalue weighted by Crippen LogP contribution is 2.53. The van der Waals surface area contributed by atoms with Crippen LogP contribution in [0.4, 0.5) is 0 Å². The van der Waals surface area contributed by atoms with Crippen molar-refractivity contribution in [2.75, 3.05) is 0 Å². The summed E-state index contributed by atoms with van der Waals surface area (Å²) in [6.45, 7) is 0. The van der Waals surface area contributed by atoms with E-state index in [9.17, 15) is 0 Å². The van der Waals surface area contributed by atoms with Crippen molar-refractivity contribution in [2.45, 2.75) is 50.4 Å². The Balaban J connectivity index is 1.73. The van der Waals surface area contributed by atoms with Gasteiger partial charge in [0.2, 0.25) is 0 Å². The Labute approximate surface area is 130 Å². The largest absolute Gasteiger partial charge is 0.155 e. The smallest absolute Gasteiger partial charge is 0.0739 e. The molecule has 1 aromatic heterocycles. The predicted octanol–water partition coefficient (Wildman–Crippen LogP) is 4.48. The quantitative estimate of drug-likeness (QED) is 0.764. The average Bonchev–Trinajstić information content (AvgIpc) is 3.32. The summed E-state index contributed by atoms with van der Waals surface area (Å²) in [6, 6.07) is 10.6. The molecule has 2 aromatic rings. The topological polar surface area (TPSA) is 25.8 Å². The van der Waals surface area contributed by atoms with Crippen LogP contribution in [0.3, 0.4) is 0 Å². The first kappa shape index (κ1) is 13.3. The summed E-state index contributed by atoms with van der Waals surface area (Å²) >= 11 is 6.01. The number of hydrogen-bond donors (Lipinski definition) is 0. The number of nitrogens with zero attached hydrogens (tertiary/aromatic N) is 2. The molecule has 1 heterocycles. The minimum Gasteiger partial charge on any atom is -0.155 e. The molecule has 2 nitrogen and oxygen atoms in total. The molecule has 0 aliphatic heterocycles. The van der Waals surface area contributed by atoms with Crippen LogP contribution in [0.5, 0.6) is 0 Å². The van der Waals surface area contributed by atoms with E-state index in [2.05, 4.69) is 28.4 Å². The lowest BCUT2D eigenvalue weighted by Crippen LogP contribution is -2.14. The highest BCUT2D eigenvalue weighted by Gasteiger charge is 2.47. The molecule has 108 valence electrons. The van der Waals surface area contributed by atoms with Gasteiger partial charge in [-0.2, -0.15) is 10.2 Å². The van der Waals surface area contributed by atoms with E-state index in [-0.39, 0.29) is 5.41 Å². The van der Waals surface area contributed by atoms with Crippen molar-refractivity contribution in [3.8, 4) is 0 Å². The molecule has 0 amide bonds. The molecule has 3 heteroatoms. The highest BCUT2D eigenvalue weighted by molar-refractivity contribution is 6.30. The van der Waals surface area contributed by atoms with Crippen LogP contribution in [0.25, 0.3) is 0 Å². The summed E-state index contributed by atoms with van der Waals surface area (Å²) < 4.78 is 0. The number of hydrogen-bond acceptors (Lipinski definition) is 2. The zero-order chi connectivity index (χ0) is 14.3. The summed E-state index contributed by atoms with van der Waals surface area (Å²) in [4.78, 5) is 0. The fourth-order valence-corrected chi connectivity index (χ4v) is 3.61. The fourth-order valence-electron chi connectivity index (χ4n) is 3.49. The minimum atomic E-state index is 0.0962. The number of rotatable bonds is 2. The molecule has 0 saturated heterocycles. The molecule has 4 rings (SSSR count). The molecule has 21 heavy (non-hydrogen) atoms. The zero-order valence-electron chi connectivity index (χ0n) is 12.1. The second kappa shape index (κ2) is 5.10. The molecule has 1 saturated carbocycles. The lowest BCUT2D eigenvalue weighted by molar-refractivity contribution is 0.704. The van der Waals surface area contributed by atoms with E-state index in [1.807, 2.05) is 12.1 Å². The van der Waals surface area contributed by atoms with Crippen LogP contribution in [0.15, 0.2) is 30.3 Å². The maximum atomic E-state index is 6.01. The van der Waals surface area contributed by atoms with Crippen LogP contribution in [-0.2, 0) is 18.3 Å². The van der Waals surface area contributed by atoms with Gasteiger partial charge in [0.05, 0.1) is 11.4 Å². The first-order valence-electron chi connectivity index (χ1n) is 7.90. The summed E-state index contributed by atoms with van der Waals surface area (Å²) in [5, 5.41) is 9.93. The van der Waals surface area contributed by atoms with Gasteiger partial charge in [-0.3, -0.25) is 0 Å². The Hall–Kier alpha value is -1.41. The van der Waals surface area contributed by atoms with Crippen molar-refractivity contribution in [1.29, 1.82) is 0 Å². The lowest BCUT2D eigenvalue weighted by atomic mass is 9.91. The van der Waals surface area contributed by atoms with Crippen LogP contribution in [-0.4, -0.2) is 10.2 Å². The van der Waals surface area contributed by atoms with Gasteiger partial charge < -0.3 is 0 Å². The van der Waals surface area contributed by atoms with E-state index in [4.69, 9.17) is 11.6 Å². The summed E-state index contributed by atoms with van der Waals surface area (Å²) in [5.41, 5.74) is 5.24. The molecule has 0 unspecified atom stereocenters. The molecule has 0 bridgehead atoms. The van der Waals surface area contributed by atoms with E-state index in [1.165, 1.54) is 48.9 Å². The van der Waals surface area contributed by atoms with Gasteiger partial charge in [-0.25, -0.2) is 0 Å². The molecule has 2 aliphatic carbocycles. The van der Waals surface area contributed by atoms with Crippen LogP contribution in [0, 0.1) is 0 Å². The van der Waals surface area contributed by atoms with Crippen LogP contribution >= 0.6 is 11.6 Å². The monoisotopic (exact) mass is 298 g/mol. The maximum absolute atomic E-state index is 6.01. The Morgan fingerprint density at radius 1 is 0.905 bits per heavy atom. The number of benzene rings is 1. The Kier molecular flexibility index (Phi) is 3.22.